The first-order valence-corrected chi connectivity index (χ1v) is 5.86. The monoisotopic (exact) mass is 256 g/mol. The number of hydrogen-bond acceptors (Lipinski definition) is 3. The van der Waals surface area contributed by atoms with Crippen LogP contribution in [0.4, 0.5) is 0 Å². The summed E-state index contributed by atoms with van der Waals surface area (Å²) in [7, 11) is 0. The van der Waals surface area contributed by atoms with E-state index in [-0.39, 0.29) is 35.8 Å². The van der Waals surface area contributed by atoms with E-state index in [9.17, 15) is 9.59 Å². The highest BCUT2D eigenvalue weighted by Gasteiger charge is 2.22. The Morgan fingerprint density at radius 2 is 2.18 bits per heavy atom. The predicted octanol–water partition coefficient (Wildman–Crippen LogP) is 1.33. The van der Waals surface area contributed by atoms with Crippen molar-refractivity contribution in [3.8, 4) is 0 Å². The van der Waals surface area contributed by atoms with Gasteiger partial charge in [0, 0.05) is 19.0 Å². The molecule has 2 N–H and O–H groups in total. The zero-order valence-corrected chi connectivity index (χ0v) is 9.92. The van der Waals surface area contributed by atoms with Gasteiger partial charge in [0.05, 0.1) is 0 Å². The van der Waals surface area contributed by atoms with Gasteiger partial charge in [-0.05, 0) is 36.6 Å². The predicted molar refractivity (Wildman–Crippen MR) is 61.8 cm³/mol. The molecular formula is C11H13ClN2O3. The summed E-state index contributed by atoms with van der Waals surface area (Å²) < 4.78 is 4.93. The Balaban J connectivity index is 1.67. The second-order valence-electron chi connectivity index (χ2n) is 3.95. The normalized spacial score (nSPS) is 14.4. The summed E-state index contributed by atoms with van der Waals surface area (Å²) in [6.45, 7) is 0.287. The van der Waals surface area contributed by atoms with Crippen molar-refractivity contribution < 1.29 is 14.0 Å². The van der Waals surface area contributed by atoms with Crippen molar-refractivity contribution in [1.29, 1.82) is 0 Å². The van der Waals surface area contributed by atoms with E-state index >= 15 is 0 Å². The van der Waals surface area contributed by atoms with E-state index in [1.165, 1.54) is 12.1 Å². The van der Waals surface area contributed by atoms with Gasteiger partial charge in [-0.2, -0.15) is 0 Å². The minimum Gasteiger partial charge on any atom is -0.440 e. The molecule has 0 bridgehead atoms. The topological polar surface area (TPSA) is 71.3 Å². The highest BCUT2D eigenvalue weighted by atomic mass is 35.5. The van der Waals surface area contributed by atoms with Gasteiger partial charge in [-0.3, -0.25) is 9.59 Å². The fraction of sp³-hybridized carbons (Fsp3) is 0.455. The third-order valence-corrected chi connectivity index (χ3v) is 2.58. The Labute approximate surface area is 104 Å². The minimum atomic E-state index is -0.365. The molecule has 1 aromatic heterocycles. The van der Waals surface area contributed by atoms with Crippen molar-refractivity contribution in [2.24, 2.45) is 0 Å². The summed E-state index contributed by atoms with van der Waals surface area (Å²) in [5.74, 6) is -0.251. The number of nitrogens with one attached hydrogen (secondary N) is 2. The molecule has 0 aliphatic heterocycles. The van der Waals surface area contributed by atoms with Crippen LogP contribution in [0.15, 0.2) is 16.5 Å². The number of furan rings is 1. The van der Waals surface area contributed by atoms with E-state index < -0.39 is 0 Å². The van der Waals surface area contributed by atoms with Crippen LogP contribution in [-0.2, 0) is 4.79 Å². The first-order chi connectivity index (χ1) is 8.15. The molecule has 0 saturated heterocycles. The molecular weight excluding hydrogens is 244 g/mol. The number of hydrogen-bond donors (Lipinski definition) is 2. The van der Waals surface area contributed by atoms with Gasteiger partial charge < -0.3 is 15.1 Å². The molecule has 0 radical (unpaired) electrons. The zero-order valence-electron chi connectivity index (χ0n) is 9.16. The average Bonchev–Trinajstić information content (AvgIpc) is 2.97. The van der Waals surface area contributed by atoms with Gasteiger partial charge in [-0.25, -0.2) is 0 Å². The van der Waals surface area contributed by atoms with E-state index in [1.807, 2.05) is 0 Å². The number of halogens is 1. The molecule has 92 valence electrons. The summed E-state index contributed by atoms with van der Waals surface area (Å²) in [6, 6.07) is 3.33. The lowest BCUT2D eigenvalue weighted by Gasteiger charge is -2.04. The summed E-state index contributed by atoms with van der Waals surface area (Å²) in [4.78, 5) is 22.8. The van der Waals surface area contributed by atoms with E-state index in [2.05, 4.69) is 10.6 Å². The van der Waals surface area contributed by atoms with Gasteiger partial charge in [-0.1, -0.05) is 0 Å². The maximum Gasteiger partial charge on any atom is 0.287 e. The molecule has 1 fully saturated rings. The molecule has 0 aromatic carbocycles. The Morgan fingerprint density at radius 1 is 1.41 bits per heavy atom. The number of rotatable bonds is 5. The van der Waals surface area contributed by atoms with Crippen LogP contribution in [0.25, 0.3) is 0 Å². The van der Waals surface area contributed by atoms with Crippen LogP contribution in [0, 0.1) is 0 Å². The third kappa shape index (κ3) is 3.78. The number of amides is 2. The van der Waals surface area contributed by atoms with E-state index in [0.29, 0.717) is 6.04 Å². The van der Waals surface area contributed by atoms with Gasteiger partial charge in [0.15, 0.2) is 11.0 Å². The molecule has 1 aliphatic carbocycles. The lowest BCUT2D eigenvalue weighted by molar-refractivity contribution is -0.121. The molecule has 0 atom stereocenters. The Hall–Kier alpha value is -1.49. The molecule has 2 amide bonds. The van der Waals surface area contributed by atoms with Crippen LogP contribution in [0.2, 0.25) is 5.22 Å². The van der Waals surface area contributed by atoms with Gasteiger partial charge in [-0.15, -0.1) is 0 Å². The highest BCUT2D eigenvalue weighted by Crippen LogP contribution is 2.18. The maximum absolute atomic E-state index is 11.5. The largest absolute Gasteiger partial charge is 0.440 e. The molecule has 2 rings (SSSR count). The molecule has 17 heavy (non-hydrogen) atoms. The van der Waals surface area contributed by atoms with Crippen LogP contribution in [-0.4, -0.2) is 24.4 Å². The first-order valence-electron chi connectivity index (χ1n) is 5.48. The molecule has 0 spiro atoms. The van der Waals surface area contributed by atoms with Crippen LogP contribution in [0.1, 0.15) is 29.8 Å². The van der Waals surface area contributed by atoms with E-state index in [1.54, 1.807) is 0 Å². The Kier molecular flexibility index (Phi) is 3.68. The lowest BCUT2D eigenvalue weighted by atomic mass is 10.3. The van der Waals surface area contributed by atoms with Crippen molar-refractivity contribution in [2.75, 3.05) is 6.54 Å². The first kappa shape index (κ1) is 12.0. The van der Waals surface area contributed by atoms with Gasteiger partial charge >= 0.3 is 0 Å². The molecule has 6 heteroatoms. The SMILES string of the molecule is O=C(CCNC(=O)c1ccc(Cl)o1)NC1CC1. The number of carbonyl (C=O) groups is 2. The zero-order chi connectivity index (χ0) is 12.3. The summed E-state index contributed by atoms with van der Waals surface area (Å²) in [6.07, 6.45) is 2.39. The third-order valence-electron chi connectivity index (χ3n) is 2.38. The quantitative estimate of drug-likeness (QED) is 0.835. The van der Waals surface area contributed by atoms with Gasteiger partial charge in [0.1, 0.15) is 0 Å². The molecule has 1 aliphatic rings. The van der Waals surface area contributed by atoms with Crippen LogP contribution >= 0.6 is 11.6 Å². The molecule has 1 saturated carbocycles. The average molecular weight is 257 g/mol. The van der Waals surface area contributed by atoms with E-state index in [4.69, 9.17) is 16.0 Å². The summed E-state index contributed by atoms with van der Waals surface area (Å²) in [5.41, 5.74) is 0. The van der Waals surface area contributed by atoms with Crippen molar-refractivity contribution >= 4 is 23.4 Å². The molecule has 0 unspecified atom stereocenters. The summed E-state index contributed by atoms with van der Waals surface area (Å²) in [5, 5.41) is 5.59. The fourth-order valence-corrected chi connectivity index (χ4v) is 1.49. The molecule has 5 nitrogen and oxygen atoms in total. The maximum atomic E-state index is 11.5. The van der Waals surface area contributed by atoms with Gasteiger partial charge in [0.25, 0.3) is 5.91 Å². The minimum absolute atomic E-state index is 0.0368. The smallest absolute Gasteiger partial charge is 0.287 e. The molecule has 1 aromatic rings. The van der Waals surface area contributed by atoms with Crippen molar-refractivity contribution in [3.63, 3.8) is 0 Å². The number of carbonyl (C=O) groups excluding carboxylic acids is 2. The fourth-order valence-electron chi connectivity index (χ4n) is 1.34. The van der Waals surface area contributed by atoms with Crippen LogP contribution < -0.4 is 10.6 Å². The van der Waals surface area contributed by atoms with Crippen molar-refractivity contribution in [3.05, 3.63) is 23.1 Å². The van der Waals surface area contributed by atoms with Crippen LogP contribution in [0.5, 0.6) is 0 Å². The standard InChI is InChI=1S/C11H13ClN2O3/c12-9-4-3-8(17-9)11(16)13-6-5-10(15)14-7-1-2-7/h3-4,7H,1-2,5-6H2,(H,13,16)(H,14,15). The van der Waals surface area contributed by atoms with Gasteiger partial charge in [0.2, 0.25) is 5.91 Å². The lowest BCUT2D eigenvalue weighted by Crippen LogP contribution is -2.31. The Bertz CT molecular complexity index is 426. The highest BCUT2D eigenvalue weighted by molar-refractivity contribution is 6.29. The Morgan fingerprint density at radius 3 is 2.76 bits per heavy atom. The van der Waals surface area contributed by atoms with Crippen molar-refractivity contribution in [2.45, 2.75) is 25.3 Å². The second kappa shape index (κ2) is 5.23. The molecule has 1 heterocycles. The second-order valence-corrected chi connectivity index (χ2v) is 4.32. The van der Waals surface area contributed by atoms with E-state index in [0.717, 1.165) is 12.8 Å². The van der Waals surface area contributed by atoms with Crippen LogP contribution in [0.3, 0.4) is 0 Å². The summed E-state index contributed by atoms with van der Waals surface area (Å²) >= 11 is 5.54. The van der Waals surface area contributed by atoms with Crippen molar-refractivity contribution in [1.82, 2.24) is 10.6 Å².